The maximum absolute atomic E-state index is 9.40. The van der Waals surface area contributed by atoms with Crippen molar-refractivity contribution >= 4 is 17.3 Å². The Morgan fingerprint density at radius 3 is 2.56 bits per heavy atom. The first-order valence-corrected chi connectivity index (χ1v) is 5.49. The van der Waals surface area contributed by atoms with Gasteiger partial charge in [-0.3, -0.25) is 0 Å². The van der Waals surface area contributed by atoms with Gasteiger partial charge in [-0.25, -0.2) is 0 Å². The van der Waals surface area contributed by atoms with E-state index >= 15 is 0 Å². The van der Waals surface area contributed by atoms with Crippen molar-refractivity contribution in [1.29, 1.82) is 5.26 Å². The highest BCUT2D eigenvalue weighted by molar-refractivity contribution is 6.32. The summed E-state index contributed by atoms with van der Waals surface area (Å²) >= 11 is 6.04. The highest BCUT2D eigenvalue weighted by Gasteiger charge is 2.12. The Labute approximate surface area is 101 Å². The van der Waals surface area contributed by atoms with E-state index in [4.69, 9.17) is 16.9 Å². The third-order valence-corrected chi connectivity index (χ3v) is 3.10. The first kappa shape index (κ1) is 12.8. The second-order valence-corrected chi connectivity index (χ2v) is 4.26. The zero-order valence-corrected chi connectivity index (χ0v) is 10.3. The van der Waals surface area contributed by atoms with Crippen LogP contribution in [0.15, 0.2) is 12.1 Å². The summed E-state index contributed by atoms with van der Waals surface area (Å²) in [6.45, 7) is 5.45. The van der Waals surface area contributed by atoms with E-state index in [1.54, 1.807) is 19.1 Å². The average Bonchev–Trinajstić information content (AvgIpc) is 2.25. The van der Waals surface area contributed by atoms with Gasteiger partial charge in [0, 0.05) is 11.7 Å². The van der Waals surface area contributed by atoms with Crippen molar-refractivity contribution in [3.8, 4) is 6.07 Å². The smallest absolute Gasteiger partial charge is 0.101 e. The molecule has 1 aromatic carbocycles. The van der Waals surface area contributed by atoms with Crippen molar-refractivity contribution in [3.63, 3.8) is 0 Å². The second-order valence-electron chi connectivity index (χ2n) is 3.89. The number of nitrogens with one attached hydrogen (secondary N) is 1. The molecule has 86 valence electrons. The molecular formula is C12H15ClN2O. The number of aliphatic hydroxyl groups is 1. The Kier molecular flexibility index (Phi) is 4.17. The zero-order valence-electron chi connectivity index (χ0n) is 9.58. The standard InChI is InChI=1S/C12H15ClN2O/c1-7-11(15-8(2)9(3)16)5-4-10(6-14)12(7)13/h4-5,8-9,15-16H,1-3H3/t8?,9-/m0/s1. The monoisotopic (exact) mass is 238 g/mol. The van der Waals surface area contributed by atoms with Gasteiger partial charge in [-0.2, -0.15) is 5.26 Å². The van der Waals surface area contributed by atoms with Crippen LogP contribution < -0.4 is 5.32 Å². The molecule has 2 atom stereocenters. The fraction of sp³-hybridized carbons (Fsp3) is 0.417. The number of anilines is 1. The van der Waals surface area contributed by atoms with E-state index in [-0.39, 0.29) is 6.04 Å². The Bertz CT molecular complexity index is 424. The van der Waals surface area contributed by atoms with Gasteiger partial charge in [-0.05, 0) is 38.5 Å². The molecule has 1 aromatic rings. The number of aliphatic hydroxyl groups excluding tert-OH is 1. The number of benzene rings is 1. The van der Waals surface area contributed by atoms with Crippen LogP contribution in [0.2, 0.25) is 5.02 Å². The third kappa shape index (κ3) is 2.66. The predicted molar refractivity (Wildman–Crippen MR) is 65.7 cm³/mol. The predicted octanol–water partition coefficient (Wildman–Crippen LogP) is 2.70. The lowest BCUT2D eigenvalue weighted by atomic mass is 10.1. The molecule has 3 nitrogen and oxygen atoms in total. The number of halogens is 1. The van der Waals surface area contributed by atoms with E-state index in [0.29, 0.717) is 10.6 Å². The molecule has 0 aliphatic carbocycles. The molecule has 0 radical (unpaired) electrons. The number of nitrogens with zero attached hydrogens (tertiary/aromatic N) is 1. The Hall–Kier alpha value is -1.24. The van der Waals surface area contributed by atoms with Gasteiger partial charge in [0.1, 0.15) is 6.07 Å². The fourth-order valence-corrected chi connectivity index (χ4v) is 1.50. The maximum atomic E-state index is 9.40. The van der Waals surface area contributed by atoms with Crippen LogP contribution in [-0.2, 0) is 0 Å². The molecule has 0 saturated carbocycles. The molecule has 0 spiro atoms. The van der Waals surface area contributed by atoms with Crippen molar-refractivity contribution in [2.75, 3.05) is 5.32 Å². The van der Waals surface area contributed by atoms with Crippen LogP contribution >= 0.6 is 11.6 Å². The largest absolute Gasteiger partial charge is 0.391 e. The number of hydrogen-bond donors (Lipinski definition) is 2. The molecule has 0 saturated heterocycles. The summed E-state index contributed by atoms with van der Waals surface area (Å²) in [4.78, 5) is 0. The molecule has 0 aliphatic rings. The SMILES string of the molecule is Cc1c(NC(C)[C@H](C)O)ccc(C#N)c1Cl. The Morgan fingerprint density at radius 2 is 2.06 bits per heavy atom. The van der Waals surface area contributed by atoms with E-state index < -0.39 is 6.10 Å². The number of nitriles is 1. The molecule has 2 N–H and O–H groups in total. The summed E-state index contributed by atoms with van der Waals surface area (Å²) in [6, 6.07) is 5.44. The maximum Gasteiger partial charge on any atom is 0.101 e. The van der Waals surface area contributed by atoms with Crippen LogP contribution in [0.3, 0.4) is 0 Å². The molecule has 1 unspecified atom stereocenters. The van der Waals surface area contributed by atoms with Crippen LogP contribution in [0, 0.1) is 18.3 Å². The van der Waals surface area contributed by atoms with Crippen LogP contribution in [0.5, 0.6) is 0 Å². The number of hydrogen-bond acceptors (Lipinski definition) is 3. The molecular weight excluding hydrogens is 224 g/mol. The van der Waals surface area contributed by atoms with E-state index in [2.05, 4.69) is 5.32 Å². The van der Waals surface area contributed by atoms with Crippen molar-refractivity contribution < 1.29 is 5.11 Å². The third-order valence-electron chi connectivity index (χ3n) is 2.61. The van der Waals surface area contributed by atoms with Crippen molar-refractivity contribution in [2.45, 2.75) is 32.9 Å². The average molecular weight is 239 g/mol. The summed E-state index contributed by atoms with van der Waals surface area (Å²) in [5.74, 6) is 0. The highest BCUT2D eigenvalue weighted by atomic mass is 35.5. The first-order chi connectivity index (χ1) is 7.47. The molecule has 4 heteroatoms. The first-order valence-electron chi connectivity index (χ1n) is 5.11. The fourth-order valence-electron chi connectivity index (χ4n) is 1.29. The van der Waals surface area contributed by atoms with Gasteiger partial charge < -0.3 is 10.4 Å². The minimum atomic E-state index is -0.450. The summed E-state index contributed by atoms with van der Waals surface area (Å²) in [6.07, 6.45) is -0.450. The minimum absolute atomic E-state index is 0.0669. The summed E-state index contributed by atoms with van der Waals surface area (Å²) in [7, 11) is 0. The van der Waals surface area contributed by atoms with E-state index in [1.165, 1.54) is 0 Å². The molecule has 1 rings (SSSR count). The van der Waals surface area contributed by atoms with E-state index in [9.17, 15) is 5.11 Å². The Morgan fingerprint density at radius 1 is 1.44 bits per heavy atom. The van der Waals surface area contributed by atoms with Gasteiger partial charge in [0.15, 0.2) is 0 Å². The quantitative estimate of drug-likeness (QED) is 0.851. The van der Waals surface area contributed by atoms with Gasteiger partial charge in [0.05, 0.1) is 16.7 Å². The lowest BCUT2D eigenvalue weighted by Gasteiger charge is -2.20. The molecule has 0 aliphatic heterocycles. The van der Waals surface area contributed by atoms with Gasteiger partial charge in [-0.1, -0.05) is 11.6 Å². The summed E-state index contributed by atoms with van der Waals surface area (Å²) in [5, 5.41) is 21.8. The topological polar surface area (TPSA) is 56.0 Å². The second kappa shape index (κ2) is 5.20. The van der Waals surface area contributed by atoms with Crippen molar-refractivity contribution in [3.05, 3.63) is 28.3 Å². The molecule has 0 heterocycles. The number of rotatable bonds is 3. The molecule has 0 bridgehead atoms. The molecule has 0 fully saturated rings. The molecule has 16 heavy (non-hydrogen) atoms. The van der Waals surface area contributed by atoms with Gasteiger partial charge >= 0.3 is 0 Å². The molecule has 0 amide bonds. The van der Waals surface area contributed by atoms with Gasteiger partial charge in [-0.15, -0.1) is 0 Å². The highest BCUT2D eigenvalue weighted by Crippen LogP contribution is 2.27. The van der Waals surface area contributed by atoms with Gasteiger partial charge in [0.25, 0.3) is 0 Å². The van der Waals surface area contributed by atoms with Crippen LogP contribution in [-0.4, -0.2) is 17.3 Å². The molecule has 0 aromatic heterocycles. The van der Waals surface area contributed by atoms with E-state index in [0.717, 1.165) is 11.3 Å². The van der Waals surface area contributed by atoms with Crippen LogP contribution in [0.4, 0.5) is 5.69 Å². The van der Waals surface area contributed by atoms with Crippen molar-refractivity contribution in [1.82, 2.24) is 0 Å². The van der Waals surface area contributed by atoms with Crippen LogP contribution in [0.25, 0.3) is 0 Å². The normalized spacial score (nSPS) is 14.0. The van der Waals surface area contributed by atoms with Gasteiger partial charge in [0.2, 0.25) is 0 Å². The minimum Gasteiger partial charge on any atom is -0.391 e. The lowest BCUT2D eigenvalue weighted by Crippen LogP contribution is -2.28. The van der Waals surface area contributed by atoms with Crippen molar-refractivity contribution in [2.24, 2.45) is 0 Å². The Balaban J connectivity index is 3.00. The summed E-state index contributed by atoms with van der Waals surface area (Å²) in [5.41, 5.74) is 2.14. The summed E-state index contributed by atoms with van der Waals surface area (Å²) < 4.78 is 0. The van der Waals surface area contributed by atoms with E-state index in [1.807, 2.05) is 19.9 Å². The lowest BCUT2D eigenvalue weighted by molar-refractivity contribution is 0.178. The van der Waals surface area contributed by atoms with Crippen LogP contribution in [0.1, 0.15) is 25.0 Å². The zero-order chi connectivity index (χ0) is 12.3.